The van der Waals surface area contributed by atoms with Gasteiger partial charge in [-0.2, -0.15) is 0 Å². The summed E-state index contributed by atoms with van der Waals surface area (Å²) in [6.45, 7) is 12.3. The Morgan fingerprint density at radius 3 is 2.40 bits per heavy atom. The van der Waals surface area contributed by atoms with E-state index in [1.54, 1.807) is 0 Å². The van der Waals surface area contributed by atoms with Crippen molar-refractivity contribution in [3.05, 3.63) is 0 Å². The Labute approximate surface area is 93.2 Å². The molecule has 1 aliphatic rings. The average molecular weight is 212 g/mol. The molecule has 88 valence electrons. The molecule has 0 aromatic rings. The first-order valence-electron chi connectivity index (χ1n) is 5.96. The van der Waals surface area contributed by atoms with Gasteiger partial charge in [-0.1, -0.05) is 34.6 Å². The van der Waals surface area contributed by atoms with Gasteiger partial charge >= 0.3 is 0 Å². The minimum Gasteiger partial charge on any atom is -0.326 e. The van der Waals surface area contributed by atoms with Crippen LogP contribution in [0.1, 0.15) is 34.6 Å². The molecule has 3 nitrogen and oxygen atoms in total. The van der Waals surface area contributed by atoms with E-state index in [1.165, 1.54) is 0 Å². The number of carbonyl (C=O) groups excluding carboxylic acids is 1. The maximum absolute atomic E-state index is 11.7. The van der Waals surface area contributed by atoms with Crippen molar-refractivity contribution in [3.8, 4) is 0 Å². The second-order valence-corrected chi connectivity index (χ2v) is 5.34. The molecule has 0 aromatic heterocycles. The van der Waals surface area contributed by atoms with Crippen LogP contribution in [0.3, 0.4) is 0 Å². The number of nitrogens with one attached hydrogen (secondary N) is 1. The van der Waals surface area contributed by atoms with E-state index in [9.17, 15) is 4.79 Å². The van der Waals surface area contributed by atoms with Gasteiger partial charge in [0, 0.05) is 6.54 Å². The van der Waals surface area contributed by atoms with Crippen molar-refractivity contribution < 1.29 is 4.79 Å². The zero-order valence-electron chi connectivity index (χ0n) is 10.6. The highest BCUT2D eigenvalue weighted by Gasteiger charge is 2.33. The van der Waals surface area contributed by atoms with Gasteiger partial charge in [-0.15, -0.1) is 0 Å². The lowest BCUT2D eigenvalue weighted by atomic mass is 9.97. The minimum atomic E-state index is 0.235. The van der Waals surface area contributed by atoms with Crippen molar-refractivity contribution in [2.45, 2.75) is 40.8 Å². The molecule has 0 saturated carbocycles. The number of hydrogen-bond donors (Lipinski definition) is 1. The predicted octanol–water partition coefficient (Wildman–Crippen LogP) is 1.69. The van der Waals surface area contributed by atoms with E-state index in [0.29, 0.717) is 24.3 Å². The van der Waals surface area contributed by atoms with Crippen LogP contribution in [-0.2, 0) is 4.79 Å². The van der Waals surface area contributed by atoms with Crippen molar-refractivity contribution in [3.63, 3.8) is 0 Å². The molecule has 0 bridgehead atoms. The molecule has 0 aromatic carbocycles. The van der Waals surface area contributed by atoms with E-state index in [1.807, 2.05) is 4.90 Å². The van der Waals surface area contributed by atoms with Gasteiger partial charge in [-0.3, -0.25) is 10.1 Å². The fourth-order valence-electron chi connectivity index (χ4n) is 1.89. The lowest BCUT2D eigenvalue weighted by Crippen LogP contribution is -2.44. The number of amides is 1. The normalized spacial score (nSPS) is 24.3. The van der Waals surface area contributed by atoms with E-state index >= 15 is 0 Å². The minimum absolute atomic E-state index is 0.235. The highest BCUT2D eigenvalue weighted by molar-refractivity contribution is 5.80. The molecule has 2 unspecified atom stereocenters. The predicted molar refractivity (Wildman–Crippen MR) is 62.3 cm³/mol. The summed E-state index contributed by atoms with van der Waals surface area (Å²) in [5, 5.41) is 3.28. The summed E-state index contributed by atoms with van der Waals surface area (Å²) in [7, 11) is 0. The Hall–Kier alpha value is -0.570. The van der Waals surface area contributed by atoms with E-state index in [2.05, 4.69) is 39.9 Å². The summed E-state index contributed by atoms with van der Waals surface area (Å²) in [4.78, 5) is 13.7. The van der Waals surface area contributed by atoms with Crippen LogP contribution in [-0.4, -0.2) is 30.1 Å². The highest BCUT2D eigenvalue weighted by Crippen LogP contribution is 2.18. The van der Waals surface area contributed by atoms with Crippen molar-refractivity contribution in [1.29, 1.82) is 0 Å². The lowest BCUT2D eigenvalue weighted by molar-refractivity contribution is -0.129. The first-order chi connectivity index (χ1) is 6.93. The largest absolute Gasteiger partial charge is 0.326 e. The maximum atomic E-state index is 11.7. The second kappa shape index (κ2) is 4.97. The van der Waals surface area contributed by atoms with E-state index in [0.717, 1.165) is 6.54 Å². The van der Waals surface area contributed by atoms with Gasteiger partial charge in [0.25, 0.3) is 0 Å². The molecule has 1 saturated heterocycles. The van der Waals surface area contributed by atoms with Gasteiger partial charge in [0.1, 0.15) is 0 Å². The molecule has 1 heterocycles. The third kappa shape index (κ3) is 2.94. The quantitative estimate of drug-likeness (QED) is 0.769. The van der Waals surface area contributed by atoms with Crippen molar-refractivity contribution in [2.75, 3.05) is 13.1 Å². The Kier molecular flexibility index (Phi) is 4.14. The SMILES string of the molecule is CC(C)C(C)CN1C(=O)CNC1C(C)C. The smallest absolute Gasteiger partial charge is 0.237 e. The van der Waals surface area contributed by atoms with E-state index in [4.69, 9.17) is 0 Å². The highest BCUT2D eigenvalue weighted by atomic mass is 16.2. The standard InChI is InChI=1S/C12H24N2O/c1-8(2)10(5)7-14-11(15)6-13-12(14)9(3)4/h8-10,12-13H,6-7H2,1-5H3. The monoisotopic (exact) mass is 212 g/mol. The fourth-order valence-corrected chi connectivity index (χ4v) is 1.89. The number of nitrogens with zero attached hydrogens (tertiary/aromatic N) is 1. The summed E-state index contributed by atoms with van der Waals surface area (Å²) in [5.41, 5.74) is 0. The first-order valence-corrected chi connectivity index (χ1v) is 5.96. The Balaban J connectivity index is 2.60. The molecule has 0 aliphatic carbocycles. The molecule has 1 aliphatic heterocycles. The molecule has 1 rings (SSSR count). The molecular weight excluding hydrogens is 188 g/mol. The number of hydrogen-bond acceptors (Lipinski definition) is 2. The van der Waals surface area contributed by atoms with E-state index in [-0.39, 0.29) is 12.1 Å². The summed E-state index contributed by atoms with van der Waals surface area (Å²) in [5.74, 6) is 1.93. The van der Waals surface area contributed by atoms with Crippen molar-refractivity contribution in [2.24, 2.45) is 17.8 Å². The molecule has 1 N–H and O–H groups in total. The number of rotatable bonds is 4. The first kappa shape index (κ1) is 12.5. The maximum Gasteiger partial charge on any atom is 0.237 e. The van der Waals surface area contributed by atoms with Gasteiger partial charge < -0.3 is 4.90 Å². The lowest BCUT2D eigenvalue weighted by Gasteiger charge is -2.31. The molecule has 3 heteroatoms. The van der Waals surface area contributed by atoms with Crippen LogP contribution in [0, 0.1) is 17.8 Å². The number of carbonyl (C=O) groups is 1. The molecule has 0 spiro atoms. The zero-order valence-corrected chi connectivity index (χ0v) is 10.6. The molecule has 15 heavy (non-hydrogen) atoms. The summed E-state index contributed by atoms with van der Waals surface area (Å²) in [6, 6.07) is 0. The van der Waals surface area contributed by atoms with Crippen LogP contribution in [0.25, 0.3) is 0 Å². The van der Waals surface area contributed by atoms with Crippen LogP contribution in [0.15, 0.2) is 0 Å². The fraction of sp³-hybridized carbons (Fsp3) is 0.917. The molecule has 0 radical (unpaired) electrons. The van der Waals surface area contributed by atoms with Gasteiger partial charge in [0.05, 0.1) is 12.7 Å². The molecule has 1 amide bonds. The Bertz CT molecular complexity index is 226. The van der Waals surface area contributed by atoms with Crippen LogP contribution in [0.5, 0.6) is 0 Å². The molecule has 2 atom stereocenters. The topological polar surface area (TPSA) is 32.3 Å². The summed E-state index contributed by atoms with van der Waals surface area (Å²) in [6.07, 6.45) is 0.235. The third-order valence-electron chi connectivity index (χ3n) is 3.37. The van der Waals surface area contributed by atoms with Gasteiger partial charge in [0.2, 0.25) is 5.91 Å². The molecule has 1 fully saturated rings. The van der Waals surface area contributed by atoms with Crippen molar-refractivity contribution >= 4 is 5.91 Å². The third-order valence-corrected chi connectivity index (χ3v) is 3.37. The van der Waals surface area contributed by atoms with Crippen molar-refractivity contribution in [1.82, 2.24) is 10.2 Å². The van der Waals surface area contributed by atoms with Crippen LogP contribution in [0.4, 0.5) is 0 Å². The van der Waals surface area contributed by atoms with Crippen LogP contribution < -0.4 is 5.32 Å². The average Bonchev–Trinajstić information content (AvgIpc) is 2.48. The van der Waals surface area contributed by atoms with Gasteiger partial charge in [-0.25, -0.2) is 0 Å². The van der Waals surface area contributed by atoms with Gasteiger partial charge in [-0.05, 0) is 17.8 Å². The Morgan fingerprint density at radius 2 is 1.93 bits per heavy atom. The molecular formula is C12H24N2O. The van der Waals surface area contributed by atoms with Crippen LogP contribution >= 0.6 is 0 Å². The van der Waals surface area contributed by atoms with Gasteiger partial charge in [0.15, 0.2) is 0 Å². The summed E-state index contributed by atoms with van der Waals surface area (Å²) < 4.78 is 0. The summed E-state index contributed by atoms with van der Waals surface area (Å²) >= 11 is 0. The second-order valence-electron chi connectivity index (χ2n) is 5.34. The zero-order chi connectivity index (χ0) is 11.6. The van der Waals surface area contributed by atoms with E-state index < -0.39 is 0 Å². The van der Waals surface area contributed by atoms with Crippen LogP contribution in [0.2, 0.25) is 0 Å². The Morgan fingerprint density at radius 1 is 1.33 bits per heavy atom.